The summed E-state index contributed by atoms with van der Waals surface area (Å²) in [4.78, 5) is 36.3. The standard InChI is InChI=1S/C35H32F5N5O7/c1-6-22-25(36)10-7-18-11-21(51-17-49-5)12-23(27(18)22)28-26(45(47)48)13-24-30(29(28)37)41-32(50-16-35(38,39)40)42-31(24)43-14-19-8-9-20(15-43)44(19)33(46)52-34(2,3)4/h1,7,10-13,19-20H,8-9,14-17H2,2-5H3/t19-,20+. The van der Waals surface area contributed by atoms with E-state index < -0.39 is 75.9 Å². The Labute approximate surface area is 293 Å². The van der Waals surface area contributed by atoms with Gasteiger partial charge in [0.25, 0.3) is 5.69 Å². The van der Waals surface area contributed by atoms with Crippen molar-refractivity contribution in [1.29, 1.82) is 0 Å². The van der Waals surface area contributed by atoms with Crippen molar-refractivity contribution in [3.05, 3.63) is 57.6 Å². The third-order valence-electron chi connectivity index (χ3n) is 8.61. The van der Waals surface area contributed by atoms with Crippen LogP contribution in [-0.2, 0) is 9.47 Å². The van der Waals surface area contributed by atoms with Gasteiger partial charge < -0.3 is 23.8 Å². The Hall–Kier alpha value is -5.50. The van der Waals surface area contributed by atoms with E-state index >= 15 is 8.78 Å². The molecule has 2 aliphatic heterocycles. The number of nitrogens with zero attached hydrogens (tertiary/aromatic N) is 5. The minimum atomic E-state index is -4.81. The van der Waals surface area contributed by atoms with Crippen LogP contribution in [0.25, 0.3) is 32.8 Å². The van der Waals surface area contributed by atoms with Crippen LogP contribution in [0.5, 0.6) is 11.8 Å². The zero-order valence-electron chi connectivity index (χ0n) is 28.3. The first-order chi connectivity index (χ1) is 24.5. The van der Waals surface area contributed by atoms with E-state index in [4.69, 9.17) is 25.4 Å². The van der Waals surface area contributed by atoms with Crippen LogP contribution < -0.4 is 14.4 Å². The molecule has 2 aliphatic rings. The summed E-state index contributed by atoms with van der Waals surface area (Å²) >= 11 is 0. The van der Waals surface area contributed by atoms with Crippen LogP contribution in [0.4, 0.5) is 38.3 Å². The first-order valence-corrected chi connectivity index (χ1v) is 16.0. The summed E-state index contributed by atoms with van der Waals surface area (Å²) in [6.07, 6.45) is 1.41. The van der Waals surface area contributed by atoms with Gasteiger partial charge in [-0.15, -0.1) is 6.42 Å². The number of piperazine rings is 1. The lowest BCUT2D eigenvalue weighted by molar-refractivity contribution is -0.384. The maximum absolute atomic E-state index is 17.1. The smallest absolute Gasteiger partial charge is 0.422 e. The highest BCUT2D eigenvalue weighted by Crippen LogP contribution is 2.46. The number of terminal acetylenes is 1. The van der Waals surface area contributed by atoms with Crippen LogP contribution >= 0.6 is 0 Å². The minimum absolute atomic E-state index is 0.0589. The van der Waals surface area contributed by atoms with E-state index in [0.29, 0.717) is 12.8 Å². The summed E-state index contributed by atoms with van der Waals surface area (Å²) in [5, 5.41) is 12.7. The third-order valence-corrected chi connectivity index (χ3v) is 8.61. The molecule has 52 heavy (non-hydrogen) atoms. The molecule has 0 N–H and O–H groups in total. The van der Waals surface area contributed by atoms with E-state index in [1.165, 1.54) is 25.3 Å². The highest BCUT2D eigenvalue weighted by Gasteiger charge is 2.45. The number of amides is 1. The molecule has 17 heteroatoms. The fourth-order valence-electron chi connectivity index (χ4n) is 6.68. The SMILES string of the molecule is C#Cc1c(F)ccc2cc(OCOC)cc(-c3c([N+](=O)[O-])cc4c(N5C[C@H]6CC[C@@H](C5)N6C(=O)OC(C)(C)C)nc(OCC(F)(F)F)nc4c3F)c12. The van der Waals surface area contributed by atoms with Crippen molar-refractivity contribution in [2.45, 2.75) is 57.5 Å². The molecule has 2 bridgehead atoms. The van der Waals surface area contributed by atoms with E-state index in [1.807, 2.05) is 0 Å². The molecule has 4 aromatic rings. The summed E-state index contributed by atoms with van der Waals surface area (Å²) in [7, 11) is 1.35. The number of benzene rings is 3. The number of rotatable bonds is 8. The van der Waals surface area contributed by atoms with E-state index in [0.717, 1.165) is 12.1 Å². The monoisotopic (exact) mass is 729 g/mol. The molecule has 0 spiro atoms. The summed E-state index contributed by atoms with van der Waals surface area (Å²) in [5.41, 5.74) is -3.44. The first-order valence-electron chi connectivity index (χ1n) is 16.0. The lowest BCUT2D eigenvalue weighted by Gasteiger charge is -2.42. The summed E-state index contributed by atoms with van der Waals surface area (Å²) in [6.45, 7) is 3.27. The third kappa shape index (κ3) is 7.02. The molecule has 12 nitrogen and oxygen atoms in total. The Morgan fingerprint density at radius 3 is 2.37 bits per heavy atom. The van der Waals surface area contributed by atoms with Crippen LogP contribution in [0.3, 0.4) is 0 Å². The molecule has 1 amide bonds. The van der Waals surface area contributed by atoms with Crippen molar-refractivity contribution in [2.75, 3.05) is 38.5 Å². The van der Waals surface area contributed by atoms with E-state index in [2.05, 4.69) is 15.9 Å². The summed E-state index contributed by atoms with van der Waals surface area (Å²) < 4.78 is 93.1. The van der Waals surface area contributed by atoms with Crippen LogP contribution in [0, 0.1) is 34.1 Å². The normalized spacial score (nSPS) is 17.4. The molecule has 0 saturated carbocycles. The largest absolute Gasteiger partial charge is 0.468 e. The van der Waals surface area contributed by atoms with Gasteiger partial charge in [0.05, 0.1) is 33.5 Å². The predicted octanol–water partition coefficient (Wildman–Crippen LogP) is 7.13. The molecule has 2 atom stereocenters. The molecular formula is C35H32F5N5O7. The van der Waals surface area contributed by atoms with E-state index in [9.17, 15) is 28.1 Å². The predicted molar refractivity (Wildman–Crippen MR) is 178 cm³/mol. The Bertz CT molecular complexity index is 2120. The number of hydrogen-bond acceptors (Lipinski definition) is 10. The number of halogens is 5. The number of alkyl halides is 3. The van der Waals surface area contributed by atoms with Crippen molar-refractivity contribution < 1.29 is 50.6 Å². The molecule has 6 rings (SSSR count). The topological polar surface area (TPSA) is 129 Å². The number of ether oxygens (including phenoxy) is 4. The highest BCUT2D eigenvalue weighted by atomic mass is 19.4. The van der Waals surface area contributed by atoms with Crippen LogP contribution in [0.1, 0.15) is 39.2 Å². The fraction of sp³-hybridized carbons (Fsp3) is 0.400. The highest BCUT2D eigenvalue weighted by molar-refractivity contribution is 6.06. The Morgan fingerprint density at radius 1 is 1.08 bits per heavy atom. The van der Waals surface area contributed by atoms with Gasteiger partial charge in [-0.1, -0.05) is 12.0 Å². The van der Waals surface area contributed by atoms with Gasteiger partial charge in [0.15, 0.2) is 19.2 Å². The van der Waals surface area contributed by atoms with Gasteiger partial charge in [0.1, 0.15) is 28.5 Å². The van der Waals surface area contributed by atoms with Crippen molar-refractivity contribution in [1.82, 2.24) is 14.9 Å². The number of methoxy groups -OCH3 is 1. The molecule has 274 valence electrons. The number of aromatic nitrogens is 2. The number of carbonyl (C=O) groups is 1. The van der Waals surface area contributed by atoms with Crippen molar-refractivity contribution in [2.24, 2.45) is 0 Å². The van der Waals surface area contributed by atoms with Gasteiger partial charge >= 0.3 is 18.3 Å². The number of anilines is 1. The second kappa shape index (κ2) is 13.6. The Balaban J connectivity index is 1.58. The van der Waals surface area contributed by atoms with Crippen molar-refractivity contribution in [3.8, 4) is 35.2 Å². The van der Waals surface area contributed by atoms with Gasteiger partial charge in [-0.05, 0) is 57.2 Å². The van der Waals surface area contributed by atoms with Gasteiger partial charge in [0.2, 0.25) is 0 Å². The second-order valence-corrected chi connectivity index (χ2v) is 13.3. The molecular weight excluding hydrogens is 697 g/mol. The zero-order valence-corrected chi connectivity index (χ0v) is 28.3. The van der Waals surface area contributed by atoms with Gasteiger partial charge in [-0.3, -0.25) is 15.0 Å². The average molecular weight is 730 g/mol. The maximum Gasteiger partial charge on any atom is 0.422 e. The van der Waals surface area contributed by atoms with Crippen molar-refractivity contribution in [3.63, 3.8) is 0 Å². The second-order valence-electron chi connectivity index (χ2n) is 13.3. The summed E-state index contributed by atoms with van der Waals surface area (Å²) in [6, 6.07) is 4.39. The summed E-state index contributed by atoms with van der Waals surface area (Å²) in [5.74, 6) is -0.0661. The zero-order chi connectivity index (χ0) is 37.7. The number of nitro groups is 1. The van der Waals surface area contributed by atoms with E-state index in [-0.39, 0.29) is 58.7 Å². The molecule has 0 unspecified atom stereocenters. The molecule has 1 aromatic heterocycles. The average Bonchev–Trinajstić information content (AvgIpc) is 3.34. The van der Waals surface area contributed by atoms with Gasteiger partial charge in [0, 0.05) is 37.2 Å². The van der Waals surface area contributed by atoms with Crippen LogP contribution in [-0.4, -0.2) is 83.3 Å². The van der Waals surface area contributed by atoms with Crippen molar-refractivity contribution >= 4 is 39.3 Å². The van der Waals surface area contributed by atoms with Gasteiger partial charge in [-0.25, -0.2) is 13.6 Å². The lowest BCUT2D eigenvalue weighted by atomic mass is 9.92. The van der Waals surface area contributed by atoms with E-state index in [1.54, 1.807) is 30.6 Å². The van der Waals surface area contributed by atoms with Crippen LogP contribution in [0.2, 0.25) is 0 Å². The lowest BCUT2D eigenvalue weighted by Crippen LogP contribution is -2.57. The molecule has 3 aromatic carbocycles. The molecule has 3 heterocycles. The quantitative estimate of drug-likeness (QED) is 0.0607. The number of fused-ring (bicyclic) bond motifs is 4. The van der Waals surface area contributed by atoms with Gasteiger partial charge in [-0.2, -0.15) is 23.1 Å². The Kier molecular flexibility index (Phi) is 9.47. The molecule has 0 aliphatic carbocycles. The first kappa shape index (κ1) is 36.3. The number of nitro benzene ring substituents is 1. The molecule has 0 radical (unpaired) electrons. The molecule has 2 fully saturated rings. The maximum atomic E-state index is 17.1. The molecule has 2 saturated heterocycles. The Morgan fingerprint density at radius 2 is 1.77 bits per heavy atom. The fourth-order valence-corrected chi connectivity index (χ4v) is 6.68. The number of carbonyl (C=O) groups excluding carboxylic acids is 1. The number of hydrogen-bond donors (Lipinski definition) is 0. The van der Waals surface area contributed by atoms with Crippen LogP contribution in [0.15, 0.2) is 30.3 Å². The minimum Gasteiger partial charge on any atom is -0.468 e.